The van der Waals surface area contributed by atoms with E-state index in [9.17, 15) is 18.5 Å². The molecule has 0 unspecified atom stereocenters. The van der Waals surface area contributed by atoms with Crippen LogP contribution in [0.1, 0.15) is 5.56 Å². The zero-order valence-corrected chi connectivity index (χ0v) is 9.04. The Labute approximate surface area is 87.1 Å². The Morgan fingerprint density at radius 3 is 2.47 bits per heavy atom. The van der Waals surface area contributed by atoms with Crippen LogP contribution in [0.2, 0.25) is 0 Å². The highest BCUT2D eigenvalue weighted by molar-refractivity contribution is 7.89. The monoisotopic (exact) mass is 230 g/mol. The van der Waals surface area contributed by atoms with Crippen LogP contribution in [0, 0.1) is 17.0 Å². The maximum atomic E-state index is 11.5. The van der Waals surface area contributed by atoms with E-state index in [4.69, 9.17) is 0 Å². The minimum Gasteiger partial charge on any atom is -0.258 e. The Morgan fingerprint density at radius 2 is 2.00 bits per heavy atom. The van der Waals surface area contributed by atoms with Crippen molar-refractivity contribution in [1.82, 2.24) is 4.72 Å². The van der Waals surface area contributed by atoms with Gasteiger partial charge in [-0.05, 0) is 25.6 Å². The van der Waals surface area contributed by atoms with E-state index in [0.29, 0.717) is 5.56 Å². The summed E-state index contributed by atoms with van der Waals surface area (Å²) in [6, 6.07) is 3.94. The Bertz CT molecular complexity index is 495. The van der Waals surface area contributed by atoms with Gasteiger partial charge in [-0.2, -0.15) is 0 Å². The molecular formula is C8H10N2O4S. The molecule has 82 valence electrons. The van der Waals surface area contributed by atoms with Crippen molar-refractivity contribution in [2.75, 3.05) is 7.05 Å². The van der Waals surface area contributed by atoms with Crippen molar-refractivity contribution in [3.63, 3.8) is 0 Å². The van der Waals surface area contributed by atoms with Gasteiger partial charge >= 0.3 is 0 Å². The first-order valence-electron chi connectivity index (χ1n) is 4.07. The maximum absolute atomic E-state index is 11.5. The Balaban J connectivity index is 3.51. The van der Waals surface area contributed by atoms with Gasteiger partial charge < -0.3 is 0 Å². The fourth-order valence-electron chi connectivity index (χ4n) is 1.10. The van der Waals surface area contributed by atoms with E-state index in [1.165, 1.54) is 25.2 Å². The third-order valence-corrected chi connectivity index (χ3v) is 3.31. The van der Waals surface area contributed by atoms with Crippen LogP contribution in [0.3, 0.4) is 0 Å². The quantitative estimate of drug-likeness (QED) is 0.614. The van der Waals surface area contributed by atoms with E-state index in [2.05, 4.69) is 0 Å². The zero-order valence-electron chi connectivity index (χ0n) is 8.22. The molecule has 6 nitrogen and oxygen atoms in total. The van der Waals surface area contributed by atoms with Crippen LogP contribution in [-0.4, -0.2) is 20.4 Å². The number of nitrogens with one attached hydrogen (secondary N) is 1. The van der Waals surface area contributed by atoms with E-state index >= 15 is 0 Å². The molecule has 0 aliphatic heterocycles. The second-order valence-electron chi connectivity index (χ2n) is 2.94. The van der Waals surface area contributed by atoms with Crippen LogP contribution in [0.4, 0.5) is 5.69 Å². The molecule has 7 heteroatoms. The number of sulfonamides is 1. The van der Waals surface area contributed by atoms with Crippen molar-refractivity contribution in [3.05, 3.63) is 33.9 Å². The second-order valence-corrected chi connectivity index (χ2v) is 4.79. The van der Waals surface area contributed by atoms with Gasteiger partial charge in [-0.15, -0.1) is 0 Å². The molecule has 0 aromatic heterocycles. The molecule has 0 atom stereocenters. The number of aryl methyl sites for hydroxylation is 1. The molecule has 15 heavy (non-hydrogen) atoms. The molecule has 0 heterocycles. The number of hydrogen-bond acceptors (Lipinski definition) is 4. The lowest BCUT2D eigenvalue weighted by atomic mass is 10.2. The summed E-state index contributed by atoms with van der Waals surface area (Å²) < 4.78 is 25.0. The highest BCUT2D eigenvalue weighted by Crippen LogP contribution is 2.24. The van der Waals surface area contributed by atoms with Crippen LogP contribution in [-0.2, 0) is 10.0 Å². The summed E-state index contributed by atoms with van der Waals surface area (Å²) in [5.41, 5.74) is 0.226. The number of rotatable bonds is 3. The molecule has 0 fully saturated rings. The minimum atomic E-state index is -3.79. The van der Waals surface area contributed by atoms with E-state index in [1.54, 1.807) is 6.92 Å². The number of nitro benzene ring substituents is 1. The lowest BCUT2D eigenvalue weighted by Crippen LogP contribution is -2.19. The first kappa shape index (κ1) is 11.6. The molecule has 0 bridgehead atoms. The van der Waals surface area contributed by atoms with Crippen molar-refractivity contribution in [2.45, 2.75) is 11.8 Å². The lowest BCUT2D eigenvalue weighted by molar-refractivity contribution is -0.387. The summed E-state index contributed by atoms with van der Waals surface area (Å²) >= 11 is 0. The highest BCUT2D eigenvalue weighted by Gasteiger charge is 2.24. The van der Waals surface area contributed by atoms with Crippen molar-refractivity contribution >= 4 is 15.7 Å². The second kappa shape index (κ2) is 3.95. The normalized spacial score (nSPS) is 11.3. The lowest BCUT2D eigenvalue weighted by Gasteiger charge is -2.04. The number of benzene rings is 1. The minimum absolute atomic E-state index is 0.310. The smallest absolute Gasteiger partial charge is 0.258 e. The number of nitro groups is 1. The molecule has 0 amide bonds. The predicted molar refractivity (Wildman–Crippen MR) is 54.1 cm³/mol. The first-order valence-corrected chi connectivity index (χ1v) is 5.55. The van der Waals surface area contributed by atoms with Crippen LogP contribution in [0.15, 0.2) is 23.1 Å². The van der Waals surface area contributed by atoms with Crippen molar-refractivity contribution in [1.29, 1.82) is 0 Å². The Morgan fingerprint density at radius 1 is 1.40 bits per heavy atom. The maximum Gasteiger partial charge on any atom is 0.289 e. The topological polar surface area (TPSA) is 89.3 Å². The SMILES string of the molecule is CNS(=O)(=O)c1cc(C)ccc1[N+](=O)[O-]. The van der Waals surface area contributed by atoms with Gasteiger partial charge in [0.2, 0.25) is 10.0 Å². The molecule has 0 radical (unpaired) electrons. The Kier molecular flexibility index (Phi) is 3.06. The zero-order chi connectivity index (χ0) is 11.6. The van der Waals surface area contributed by atoms with Crippen molar-refractivity contribution in [2.24, 2.45) is 0 Å². The van der Waals surface area contributed by atoms with Gasteiger partial charge in [-0.3, -0.25) is 10.1 Å². The molecule has 0 aliphatic carbocycles. The third-order valence-electron chi connectivity index (χ3n) is 1.87. The third kappa shape index (κ3) is 2.31. The molecule has 1 N–H and O–H groups in total. The number of nitrogens with zero attached hydrogens (tertiary/aromatic N) is 1. The van der Waals surface area contributed by atoms with Crippen LogP contribution < -0.4 is 4.72 Å². The van der Waals surface area contributed by atoms with Gasteiger partial charge in [0.25, 0.3) is 5.69 Å². The molecular weight excluding hydrogens is 220 g/mol. The molecule has 0 saturated heterocycles. The summed E-state index contributed by atoms with van der Waals surface area (Å²) in [7, 11) is -2.58. The Hall–Kier alpha value is -1.47. The van der Waals surface area contributed by atoms with Gasteiger partial charge in [0.1, 0.15) is 0 Å². The summed E-state index contributed by atoms with van der Waals surface area (Å²) in [5, 5.41) is 10.6. The summed E-state index contributed by atoms with van der Waals surface area (Å²) in [6.07, 6.45) is 0. The standard InChI is InChI=1S/C8H10N2O4S/c1-6-3-4-7(10(11)12)8(5-6)15(13,14)9-2/h3-5,9H,1-2H3. The van der Waals surface area contributed by atoms with Gasteiger partial charge in [-0.25, -0.2) is 13.1 Å². The average Bonchev–Trinajstić information content (AvgIpc) is 2.17. The highest BCUT2D eigenvalue weighted by atomic mass is 32.2. The molecule has 0 spiro atoms. The summed E-state index contributed by atoms with van der Waals surface area (Å²) in [5.74, 6) is 0. The van der Waals surface area contributed by atoms with Gasteiger partial charge in [-0.1, -0.05) is 6.07 Å². The fraction of sp³-hybridized carbons (Fsp3) is 0.250. The van der Waals surface area contributed by atoms with Gasteiger partial charge in [0.15, 0.2) is 4.90 Å². The molecule has 0 saturated carbocycles. The molecule has 1 rings (SSSR count). The average molecular weight is 230 g/mol. The van der Waals surface area contributed by atoms with Crippen LogP contribution >= 0.6 is 0 Å². The first-order chi connectivity index (χ1) is 6.88. The molecule has 1 aromatic rings. The van der Waals surface area contributed by atoms with E-state index in [0.717, 1.165) is 0 Å². The van der Waals surface area contributed by atoms with Crippen LogP contribution in [0.5, 0.6) is 0 Å². The largest absolute Gasteiger partial charge is 0.289 e. The van der Waals surface area contributed by atoms with Crippen molar-refractivity contribution < 1.29 is 13.3 Å². The van der Waals surface area contributed by atoms with E-state index in [-0.39, 0.29) is 4.90 Å². The summed E-state index contributed by atoms with van der Waals surface area (Å²) in [4.78, 5) is 9.58. The fourth-order valence-corrected chi connectivity index (χ4v) is 2.08. The molecule has 0 aliphatic rings. The number of hydrogen-bond donors (Lipinski definition) is 1. The van der Waals surface area contributed by atoms with E-state index in [1.807, 2.05) is 4.72 Å². The van der Waals surface area contributed by atoms with Crippen LogP contribution in [0.25, 0.3) is 0 Å². The summed E-state index contributed by atoms with van der Waals surface area (Å²) in [6.45, 7) is 1.67. The van der Waals surface area contributed by atoms with Crippen molar-refractivity contribution in [3.8, 4) is 0 Å². The molecule has 1 aromatic carbocycles. The van der Waals surface area contributed by atoms with Gasteiger partial charge in [0, 0.05) is 6.07 Å². The van der Waals surface area contributed by atoms with Gasteiger partial charge in [0.05, 0.1) is 4.92 Å². The predicted octanol–water partition coefficient (Wildman–Crippen LogP) is 0.811. The van der Waals surface area contributed by atoms with E-state index < -0.39 is 20.6 Å².